The Labute approximate surface area is 94.3 Å². The third kappa shape index (κ3) is 2.85. The van der Waals surface area contributed by atoms with Crippen LogP contribution in [-0.2, 0) is 5.75 Å². The second kappa shape index (κ2) is 5.01. The van der Waals surface area contributed by atoms with E-state index in [9.17, 15) is 0 Å². The zero-order chi connectivity index (χ0) is 10.5. The van der Waals surface area contributed by atoms with Gasteiger partial charge in [-0.2, -0.15) is 0 Å². The molecule has 0 aliphatic heterocycles. The number of anilines is 1. The monoisotopic (exact) mass is 240 g/mol. The van der Waals surface area contributed by atoms with Gasteiger partial charge in [-0.25, -0.2) is 15.8 Å². The Hall–Kier alpha value is -1.25. The maximum Gasteiger partial charge on any atom is 0.219 e. The molecule has 0 saturated carbocycles. The van der Waals surface area contributed by atoms with Crippen molar-refractivity contribution in [2.75, 3.05) is 5.43 Å². The van der Waals surface area contributed by atoms with Crippen molar-refractivity contribution < 1.29 is 0 Å². The van der Waals surface area contributed by atoms with Gasteiger partial charge in [0, 0.05) is 6.20 Å². The molecule has 0 radical (unpaired) electrons. The van der Waals surface area contributed by atoms with Crippen LogP contribution < -0.4 is 11.3 Å². The van der Waals surface area contributed by atoms with E-state index in [4.69, 9.17) is 5.84 Å². The van der Waals surface area contributed by atoms with Gasteiger partial charge in [-0.15, -0.1) is 10.2 Å². The number of hydrazine groups is 1. The van der Waals surface area contributed by atoms with Crippen molar-refractivity contribution in [1.29, 1.82) is 0 Å². The van der Waals surface area contributed by atoms with Crippen LogP contribution in [0.1, 0.15) is 5.01 Å². The van der Waals surface area contributed by atoms with Crippen molar-refractivity contribution in [2.45, 2.75) is 10.8 Å². The molecule has 0 amide bonds. The van der Waals surface area contributed by atoms with Gasteiger partial charge < -0.3 is 0 Å². The molecule has 0 aromatic carbocycles. The summed E-state index contributed by atoms with van der Waals surface area (Å²) < 4.78 is 0. The smallest absolute Gasteiger partial charge is 0.219 e. The van der Waals surface area contributed by atoms with Gasteiger partial charge in [0.05, 0.1) is 10.8 Å². The van der Waals surface area contributed by atoms with E-state index in [1.165, 1.54) is 17.7 Å². The number of nitrogens with one attached hydrogen (secondary N) is 1. The summed E-state index contributed by atoms with van der Waals surface area (Å²) in [4.78, 5) is 7.93. The molecular formula is C7H8N6S2. The lowest BCUT2D eigenvalue weighted by Crippen LogP contribution is -2.05. The van der Waals surface area contributed by atoms with Gasteiger partial charge in [-0.1, -0.05) is 23.1 Å². The average Bonchev–Trinajstić information content (AvgIpc) is 2.76. The van der Waals surface area contributed by atoms with Crippen LogP contribution in [-0.4, -0.2) is 20.2 Å². The Bertz CT molecular complexity index is 416. The Morgan fingerprint density at radius 2 is 2.40 bits per heavy atom. The SMILES string of the molecule is NNc1nnc(CSc2ccncn2)s1. The highest BCUT2D eigenvalue weighted by molar-refractivity contribution is 7.98. The molecule has 0 aliphatic rings. The molecule has 0 spiro atoms. The Balaban J connectivity index is 1.93. The first-order valence-electron chi connectivity index (χ1n) is 4.06. The fraction of sp³-hybridized carbons (Fsp3) is 0.143. The molecule has 0 fully saturated rings. The molecule has 0 atom stereocenters. The van der Waals surface area contributed by atoms with E-state index in [1.54, 1.807) is 18.0 Å². The minimum absolute atomic E-state index is 0.619. The number of hydrogen-bond acceptors (Lipinski definition) is 8. The number of nitrogen functional groups attached to an aromatic ring is 1. The molecule has 2 heterocycles. The molecule has 6 nitrogen and oxygen atoms in total. The topological polar surface area (TPSA) is 89.6 Å². The predicted molar refractivity (Wildman–Crippen MR) is 59.3 cm³/mol. The van der Waals surface area contributed by atoms with Gasteiger partial charge in [-0.3, -0.25) is 5.43 Å². The van der Waals surface area contributed by atoms with Crippen LogP contribution in [0.4, 0.5) is 5.13 Å². The molecule has 3 N–H and O–H groups in total. The van der Waals surface area contributed by atoms with Gasteiger partial charge in [0.2, 0.25) is 5.13 Å². The number of nitrogens with zero attached hydrogens (tertiary/aromatic N) is 4. The Morgan fingerprint density at radius 3 is 3.07 bits per heavy atom. The molecular weight excluding hydrogens is 232 g/mol. The van der Waals surface area contributed by atoms with E-state index in [0.717, 1.165) is 15.8 Å². The first kappa shape index (κ1) is 10.3. The second-order valence-electron chi connectivity index (χ2n) is 2.48. The van der Waals surface area contributed by atoms with E-state index in [1.807, 2.05) is 6.07 Å². The summed E-state index contributed by atoms with van der Waals surface area (Å²) in [7, 11) is 0. The second-order valence-corrected chi connectivity index (χ2v) is 4.54. The lowest BCUT2D eigenvalue weighted by atomic mass is 10.7. The number of aromatic nitrogens is 4. The zero-order valence-corrected chi connectivity index (χ0v) is 9.25. The molecule has 0 bridgehead atoms. The van der Waals surface area contributed by atoms with Gasteiger partial charge in [0.1, 0.15) is 11.3 Å². The lowest BCUT2D eigenvalue weighted by molar-refractivity contribution is 1.02. The summed E-state index contributed by atoms with van der Waals surface area (Å²) in [5.74, 6) is 5.93. The van der Waals surface area contributed by atoms with Crippen molar-refractivity contribution >= 4 is 28.2 Å². The summed E-state index contributed by atoms with van der Waals surface area (Å²) in [6.07, 6.45) is 3.23. The van der Waals surface area contributed by atoms with Crippen LogP contribution >= 0.6 is 23.1 Å². The van der Waals surface area contributed by atoms with E-state index >= 15 is 0 Å². The normalized spacial score (nSPS) is 10.2. The summed E-state index contributed by atoms with van der Waals surface area (Å²) in [6, 6.07) is 1.85. The molecule has 2 aromatic rings. The fourth-order valence-corrected chi connectivity index (χ4v) is 2.34. The van der Waals surface area contributed by atoms with E-state index in [-0.39, 0.29) is 0 Å². The Kier molecular flexibility index (Phi) is 3.43. The van der Waals surface area contributed by atoms with Crippen molar-refractivity contribution in [2.24, 2.45) is 5.84 Å². The van der Waals surface area contributed by atoms with Crippen molar-refractivity contribution in [3.8, 4) is 0 Å². The Morgan fingerprint density at radius 1 is 1.47 bits per heavy atom. The average molecular weight is 240 g/mol. The number of rotatable bonds is 4. The van der Waals surface area contributed by atoms with Crippen molar-refractivity contribution in [3.63, 3.8) is 0 Å². The summed E-state index contributed by atoms with van der Waals surface area (Å²) >= 11 is 3.02. The summed E-state index contributed by atoms with van der Waals surface area (Å²) in [6.45, 7) is 0. The van der Waals surface area contributed by atoms with Gasteiger partial charge in [0.15, 0.2) is 0 Å². The number of thioether (sulfide) groups is 1. The standard InChI is InChI=1S/C7H8N6S2/c8-11-7-13-12-6(15-7)3-14-5-1-2-9-4-10-5/h1-2,4H,3,8H2,(H,11,13). The number of hydrogen-bond donors (Lipinski definition) is 2. The van der Waals surface area contributed by atoms with Crippen LogP contribution in [0.5, 0.6) is 0 Å². The van der Waals surface area contributed by atoms with Crippen LogP contribution in [0.2, 0.25) is 0 Å². The third-order valence-corrected chi connectivity index (χ3v) is 3.48. The molecule has 0 aliphatic carbocycles. The van der Waals surface area contributed by atoms with E-state index in [0.29, 0.717) is 5.13 Å². The quantitative estimate of drug-likeness (QED) is 0.355. The maximum absolute atomic E-state index is 5.20. The zero-order valence-electron chi connectivity index (χ0n) is 7.62. The fourth-order valence-electron chi connectivity index (χ4n) is 0.870. The largest absolute Gasteiger partial charge is 0.298 e. The maximum atomic E-state index is 5.20. The molecule has 2 aromatic heterocycles. The molecule has 2 rings (SSSR count). The van der Waals surface area contributed by atoms with Crippen LogP contribution in [0.25, 0.3) is 0 Å². The highest BCUT2D eigenvalue weighted by Crippen LogP contribution is 2.23. The molecule has 78 valence electrons. The minimum Gasteiger partial charge on any atom is -0.298 e. The van der Waals surface area contributed by atoms with Gasteiger partial charge in [0.25, 0.3) is 0 Å². The van der Waals surface area contributed by atoms with Crippen LogP contribution in [0, 0.1) is 0 Å². The predicted octanol–water partition coefficient (Wildman–Crippen LogP) is 0.906. The first-order chi connectivity index (χ1) is 7.38. The van der Waals surface area contributed by atoms with Gasteiger partial charge >= 0.3 is 0 Å². The van der Waals surface area contributed by atoms with Gasteiger partial charge in [-0.05, 0) is 6.07 Å². The minimum atomic E-state index is 0.619. The lowest BCUT2D eigenvalue weighted by Gasteiger charge is -1.95. The molecule has 0 saturated heterocycles. The highest BCUT2D eigenvalue weighted by Gasteiger charge is 2.03. The molecule has 8 heteroatoms. The van der Waals surface area contributed by atoms with E-state index in [2.05, 4.69) is 25.6 Å². The number of nitrogens with two attached hydrogens (primary N) is 1. The van der Waals surface area contributed by atoms with Crippen LogP contribution in [0.3, 0.4) is 0 Å². The first-order valence-corrected chi connectivity index (χ1v) is 5.86. The summed E-state index contributed by atoms with van der Waals surface area (Å²) in [5, 5.41) is 10.2. The molecule has 0 unspecified atom stereocenters. The highest BCUT2D eigenvalue weighted by atomic mass is 32.2. The van der Waals surface area contributed by atoms with Crippen molar-refractivity contribution in [3.05, 3.63) is 23.6 Å². The van der Waals surface area contributed by atoms with Crippen molar-refractivity contribution in [1.82, 2.24) is 20.2 Å². The van der Waals surface area contributed by atoms with Crippen LogP contribution in [0.15, 0.2) is 23.6 Å². The van der Waals surface area contributed by atoms with E-state index < -0.39 is 0 Å². The molecule has 15 heavy (non-hydrogen) atoms. The summed E-state index contributed by atoms with van der Waals surface area (Å²) in [5.41, 5.74) is 2.46. The third-order valence-electron chi connectivity index (χ3n) is 1.49.